The molecule has 0 saturated heterocycles. The number of halogens is 1. The highest BCUT2D eigenvalue weighted by Gasteiger charge is 2.09. The molecule has 2 aromatic rings. The summed E-state index contributed by atoms with van der Waals surface area (Å²) in [6, 6.07) is 7.05. The van der Waals surface area contributed by atoms with E-state index in [9.17, 15) is 4.79 Å². The first kappa shape index (κ1) is 10.7. The van der Waals surface area contributed by atoms with E-state index in [0.717, 1.165) is 5.56 Å². The zero-order chi connectivity index (χ0) is 11.5. The molecule has 0 saturated carbocycles. The van der Waals surface area contributed by atoms with Crippen molar-refractivity contribution in [2.45, 2.75) is 6.92 Å². The zero-order valence-electron chi connectivity index (χ0n) is 8.44. The Hall–Kier alpha value is -1.81. The van der Waals surface area contributed by atoms with Gasteiger partial charge in [0.25, 0.3) is 5.88 Å². The van der Waals surface area contributed by atoms with Gasteiger partial charge < -0.3 is 9.15 Å². The van der Waals surface area contributed by atoms with Crippen LogP contribution in [0.4, 0.5) is 0 Å². The summed E-state index contributed by atoms with van der Waals surface area (Å²) in [6.07, 6.45) is 1.28. The number of ether oxygens (including phenoxy) is 1. The summed E-state index contributed by atoms with van der Waals surface area (Å²) in [6.45, 7) is 1.30. The van der Waals surface area contributed by atoms with E-state index < -0.39 is 5.97 Å². The van der Waals surface area contributed by atoms with E-state index in [0.29, 0.717) is 10.9 Å². The van der Waals surface area contributed by atoms with Crippen LogP contribution in [0.5, 0.6) is 5.88 Å². The number of hydrogen-bond acceptors (Lipinski definition) is 4. The molecule has 0 aliphatic rings. The van der Waals surface area contributed by atoms with E-state index in [4.69, 9.17) is 20.8 Å². The van der Waals surface area contributed by atoms with Crippen molar-refractivity contribution in [1.29, 1.82) is 0 Å². The van der Waals surface area contributed by atoms with Crippen molar-refractivity contribution in [2.24, 2.45) is 0 Å². The van der Waals surface area contributed by atoms with E-state index in [-0.39, 0.29) is 5.88 Å². The number of esters is 1. The fraction of sp³-hybridized carbons (Fsp3) is 0.0909. The third kappa shape index (κ3) is 2.41. The lowest BCUT2D eigenvalue weighted by Gasteiger charge is -1.95. The minimum Gasteiger partial charge on any atom is -0.440 e. The van der Waals surface area contributed by atoms with E-state index in [1.165, 1.54) is 13.2 Å². The van der Waals surface area contributed by atoms with Gasteiger partial charge in [-0.25, -0.2) is 0 Å². The average Bonchev–Trinajstić information content (AvgIpc) is 2.65. The summed E-state index contributed by atoms with van der Waals surface area (Å²) in [5.41, 5.74) is 0.728. The molecule has 0 N–H and O–H groups in total. The van der Waals surface area contributed by atoms with Crippen molar-refractivity contribution in [1.82, 2.24) is 4.98 Å². The Labute approximate surface area is 96.8 Å². The maximum Gasteiger partial charge on any atom is 0.309 e. The quantitative estimate of drug-likeness (QED) is 0.754. The highest BCUT2D eigenvalue weighted by molar-refractivity contribution is 6.30. The van der Waals surface area contributed by atoms with Crippen molar-refractivity contribution in [2.75, 3.05) is 0 Å². The molecule has 16 heavy (non-hydrogen) atoms. The third-order valence-electron chi connectivity index (χ3n) is 1.80. The molecular weight excluding hydrogens is 230 g/mol. The Morgan fingerprint density at radius 3 is 3.00 bits per heavy atom. The van der Waals surface area contributed by atoms with Gasteiger partial charge in [-0.3, -0.25) is 4.79 Å². The molecule has 0 spiro atoms. The molecule has 0 amide bonds. The largest absolute Gasteiger partial charge is 0.440 e. The van der Waals surface area contributed by atoms with Gasteiger partial charge in [-0.05, 0) is 18.2 Å². The summed E-state index contributed by atoms with van der Waals surface area (Å²) in [4.78, 5) is 14.7. The highest BCUT2D eigenvalue weighted by atomic mass is 35.5. The van der Waals surface area contributed by atoms with Crippen LogP contribution < -0.4 is 4.74 Å². The number of benzene rings is 1. The highest BCUT2D eigenvalue weighted by Crippen LogP contribution is 2.24. The van der Waals surface area contributed by atoms with E-state index in [1.807, 2.05) is 0 Å². The molecular formula is C11H8ClNO3. The van der Waals surface area contributed by atoms with Crippen LogP contribution in [0.1, 0.15) is 6.92 Å². The van der Waals surface area contributed by atoms with Gasteiger partial charge in [0.1, 0.15) is 0 Å². The molecule has 0 aliphatic carbocycles. The fourth-order valence-corrected chi connectivity index (χ4v) is 1.40. The molecule has 82 valence electrons. The number of carbonyl (C=O) groups is 1. The first-order valence-corrected chi connectivity index (χ1v) is 4.93. The predicted octanol–water partition coefficient (Wildman–Crippen LogP) is 2.92. The lowest BCUT2D eigenvalue weighted by molar-refractivity contribution is -0.132. The van der Waals surface area contributed by atoms with Crippen molar-refractivity contribution in [3.63, 3.8) is 0 Å². The fourth-order valence-electron chi connectivity index (χ4n) is 1.21. The SMILES string of the molecule is CC(=O)Oc1coc(-c2cccc(Cl)c2)n1. The van der Waals surface area contributed by atoms with Crippen LogP contribution in [0, 0.1) is 0 Å². The monoisotopic (exact) mass is 237 g/mol. The molecule has 4 nitrogen and oxygen atoms in total. The third-order valence-corrected chi connectivity index (χ3v) is 2.04. The standard InChI is InChI=1S/C11H8ClNO3/c1-7(14)16-10-6-15-11(13-10)8-3-2-4-9(12)5-8/h2-6H,1H3. The normalized spacial score (nSPS) is 10.1. The molecule has 0 atom stereocenters. The smallest absolute Gasteiger partial charge is 0.309 e. The summed E-state index contributed by atoms with van der Waals surface area (Å²) < 4.78 is 9.93. The molecule has 0 aliphatic heterocycles. The molecule has 0 fully saturated rings. The van der Waals surface area contributed by atoms with E-state index in [2.05, 4.69) is 4.98 Å². The molecule has 2 rings (SSSR count). The lowest BCUT2D eigenvalue weighted by atomic mass is 10.2. The van der Waals surface area contributed by atoms with Crippen LogP contribution in [-0.2, 0) is 4.79 Å². The van der Waals surface area contributed by atoms with Crippen LogP contribution in [0.25, 0.3) is 11.5 Å². The number of aromatic nitrogens is 1. The van der Waals surface area contributed by atoms with E-state index >= 15 is 0 Å². The van der Waals surface area contributed by atoms with Gasteiger partial charge in [0, 0.05) is 17.5 Å². The van der Waals surface area contributed by atoms with Gasteiger partial charge >= 0.3 is 5.97 Å². The average molecular weight is 238 g/mol. The van der Waals surface area contributed by atoms with Gasteiger partial charge in [-0.1, -0.05) is 17.7 Å². The molecule has 1 heterocycles. The molecule has 1 aromatic heterocycles. The number of hydrogen-bond donors (Lipinski definition) is 0. The maximum atomic E-state index is 10.7. The van der Waals surface area contributed by atoms with Gasteiger partial charge in [0.2, 0.25) is 5.89 Å². The number of nitrogens with zero attached hydrogens (tertiary/aromatic N) is 1. The first-order valence-electron chi connectivity index (χ1n) is 4.55. The molecule has 1 aromatic carbocycles. The summed E-state index contributed by atoms with van der Waals surface area (Å²) >= 11 is 5.83. The van der Waals surface area contributed by atoms with E-state index in [1.54, 1.807) is 24.3 Å². The lowest BCUT2D eigenvalue weighted by Crippen LogP contribution is -2.01. The minimum absolute atomic E-state index is 0.141. The van der Waals surface area contributed by atoms with Gasteiger partial charge in [0.05, 0.1) is 0 Å². The Bertz CT molecular complexity index is 521. The summed E-state index contributed by atoms with van der Waals surface area (Å²) in [5, 5.41) is 0.588. The minimum atomic E-state index is -0.439. The van der Waals surface area contributed by atoms with Crippen LogP contribution in [0.15, 0.2) is 34.9 Å². The van der Waals surface area contributed by atoms with Crippen LogP contribution in [-0.4, -0.2) is 11.0 Å². The molecule has 0 radical (unpaired) electrons. The number of oxazole rings is 1. The van der Waals surface area contributed by atoms with Crippen LogP contribution >= 0.6 is 11.6 Å². The van der Waals surface area contributed by atoms with Crippen molar-refractivity contribution in [3.05, 3.63) is 35.6 Å². The predicted molar refractivity (Wildman–Crippen MR) is 58.3 cm³/mol. The second-order valence-electron chi connectivity index (χ2n) is 3.09. The van der Waals surface area contributed by atoms with Gasteiger partial charge in [-0.15, -0.1) is 0 Å². The summed E-state index contributed by atoms with van der Waals surface area (Å²) in [5.74, 6) is 0.0622. The first-order chi connectivity index (χ1) is 7.65. The second-order valence-corrected chi connectivity index (χ2v) is 3.53. The topological polar surface area (TPSA) is 52.3 Å². The Balaban J connectivity index is 2.28. The Kier molecular flexibility index (Phi) is 2.92. The number of rotatable bonds is 2. The Morgan fingerprint density at radius 1 is 1.50 bits per heavy atom. The summed E-state index contributed by atoms with van der Waals surface area (Å²) in [7, 11) is 0. The molecule has 0 unspecified atom stereocenters. The molecule has 5 heteroatoms. The second kappa shape index (κ2) is 4.37. The van der Waals surface area contributed by atoms with Gasteiger partial charge in [-0.2, -0.15) is 4.98 Å². The van der Waals surface area contributed by atoms with Crippen LogP contribution in [0.2, 0.25) is 5.02 Å². The van der Waals surface area contributed by atoms with Crippen LogP contribution in [0.3, 0.4) is 0 Å². The van der Waals surface area contributed by atoms with Crippen molar-refractivity contribution < 1.29 is 13.9 Å². The molecule has 0 bridgehead atoms. The van der Waals surface area contributed by atoms with Gasteiger partial charge in [0.15, 0.2) is 6.26 Å². The zero-order valence-corrected chi connectivity index (χ0v) is 9.19. The maximum absolute atomic E-state index is 10.7. The Morgan fingerprint density at radius 2 is 2.31 bits per heavy atom. The van der Waals surface area contributed by atoms with Crippen molar-refractivity contribution >= 4 is 17.6 Å². The number of carbonyl (C=O) groups excluding carboxylic acids is 1. The van der Waals surface area contributed by atoms with Crippen molar-refractivity contribution in [3.8, 4) is 17.3 Å².